The van der Waals surface area contributed by atoms with Crippen LogP contribution in [-0.2, 0) is 21.2 Å². The molecule has 0 unspecified atom stereocenters. The highest BCUT2D eigenvalue weighted by Crippen LogP contribution is 2.23. The van der Waals surface area contributed by atoms with Crippen molar-refractivity contribution in [2.24, 2.45) is 11.8 Å². The SMILES string of the molecule is CN1CCC(CCc2ccc(NC(=O)C3CCN(S(C)(=O)=O)CC3)cc2)CC1. The van der Waals surface area contributed by atoms with E-state index in [1.54, 1.807) is 0 Å². The molecule has 0 radical (unpaired) electrons. The second kappa shape index (κ2) is 9.37. The number of anilines is 1. The van der Waals surface area contributed by atoms with Gasteiger partial charge >= 0.3 is 0 Å². The lowest BCUT2D eigenvalue weighted by Gasteiger charge is -2.29. The summed E-state index contributed by atoms with van der Waals surface area (Å²) in [5, 5.41) is 2.99. The van der Waals surface area contributed by atoms with Gasteiger partial charge in [-0.25, -0.2) is 12.7 Å². The second-order valence-electron chi connectivity index (χ2n) is 8.41. The minimum Gasteiger partial charge on any atom is -0.326 e. The number of carbonyl (C=O) groups excluding carboxylic acids is 1. The van der Waals surface area contributed by atoms with E-state index in [0.717, 1.165) is 18.0 Å². The molecule has 2 heterocycles. The van der Waals surface area contributed by atoms with Gasteiger partial charge in [0.15, 0.2) is 0 Å². The molecule has 7 heteroatoms. The fourth-order valence-corrected chi connectivity index (χ4v) is 5.04. The van der Waals surface area contributed by atoms with Gasteiger partial charge in [0.2, 0.25) is 15.9 Å². The monoisotopic (exact) mass is 407 g/mol. The zero-order valence-corrected chi connectivity index (χ0v) is 17.9. The van der Waals surface area contributed by atoms with Crippen molar-refractivity contribution < 1.29 is 13.2 Å². The zero-order valence-electron chi connectivity index (χ0n) is 17.1. The maximum absolute atomic E-state index is 12.5. The lowest BCUT2D eigenvalue weighted by atomic mass is 9.91. The number of carbonyl (C=O) groups is 1. The summed E-state index contributed by atoms with van der Waals surface area (Å²) >= 11 is 0. The van der Waals surface area contributed by atoms with E-state index in [1.165, 1.54) is 48.5 Å². The Hall–Kier alpha value is -1.44. The van der Waals surface area contributed by atoms with Gasteiger partial charge in [-0.3, -0.25) is 4.79 Å². The van der Waals surface area contributed by atoms with Gasteiger partial charge in [-0.2, -0.15) is 0 Å². The van der Waals surface area contributed by atoms with E-state index in [4.69, 9.17) is 0 Å². The van der Waals surface area contributed by atoms with E-state index in [-0.39, 0.29) is 11.8 Å². The first-order chi connectivity index (χ1) is 13.3. The molecule has 2 aliphatic rings. The van der Waals surface area contributed by atoms with Gasteiger partial charge < -0.3 is 10.2 Å². The lowest BCUT2D eigenvalue weighted by molar-refractivity contribution is -0.120. The Morgan fingerprint density at radius 2 is 1.64 bits per heavy atom. The molecule has 3 rings (SSSR count). The zero-order chi connectivity index (χ0) is 20.1. The van der Waals surface area contributed by atoms with Crippen LogP contribution in [0, 0.1) is 11.8 Å². The summed E-state index contributed by atoms with van der Waals surface area (Å²) in [6, 6.07) is 8.18. The normalized spacial score (nSPS) is 20.9. The van der Waals surface area contributed by atoms with Gasteiger partial charge in [-0.15, -0.1) is 0 Å². The van der Waals surface area contributed by atoms with Crippen molar-refractivity contribution in [3.05, 3.63) is 29.8 Å². The summed E-state index contributed by atoms with van der Waals surface area (Å²) in [4.78, 5) is 14.9. The molecule has 1 aromatic carbocycles. The smallest absolute Gasteiger partial charge is 0.227 e. The van der Waals surface area contributed by atoms with Crippen molar-refractivity contribution in [3.63, 3.8) is 0 Å². The number of likely N-dealkylation sites (tertiary alicyclic amines) is 1. The molecule has 0 bridgehead atoms. The first kappa shape index (κ1) is 21.3. The van der Waals surface area contributed by atoms with Crippen molar-refractivity contribution in [2.45, 2.75) is 38.5 Å². The van der Waals surface area contributed by atoms with Crippen LogP contribution in [-0.4, -0.2) is 63.0 Å². The van der Waals surface area contributed by atoms with Gasteiger partial charge in [-0.05, 0) is 82.3 Å². The standard InChI is InChI=1S/C21H33N3O3S/c1-23-13-9-18(10-14-23)4-3-17-5-7-20(8-6-17)22-21(25)19-11-15-24(16-12-19)28(2,26)27/h5-8,18-19H,3-4,9-16H2,1-2H3,(H,22,25). The third-order valence-corrected chi connectivity index (χ3v) is 7.50. The van der Waals surface area contributed by atoms with Crippen LogP contribution < -0.4 is 5.32 Å². The lowest BCUT2D eigenvalue weighted by Crippen LogP contribution is -2.40. The van der Waals surface area contributed by atoms with Gasteiger partial charge in [-0.1, -0.05) is 12.1 Å². The van der Waals surface area contributed by atoms with E-state index in [0.29, 0.717) is 25.9 Å². The van der Waals surface area contributed by atoms with Crippen LogP contribution in [0.15, 0.2) is 24.3 Å². The third-order valence-electron chi connectivity index (χ3n) is 6.19. The molecule has 0 atom stereocenters. The Kier molecular flexibility index (Phi) is 7.12. The molecule has 0 aromatic heterocycles. The van der Waals surface area contributed by atoms with E-state index in [9.17, 15) is 13.2 Å². The molecular formula is C21H33N3O3S. The fourth-order valence-electron chi connectivity index (χ4n) is 4.17. The number of rotatable bonds is 6. The van der Waals surface area contributed by atoms with E-state index in [2.05, 4.69) is 29.4 Å². The quantitative estimate of drug-likeness (QED) is 0.787. The first-order valence-corrected chi connectivity index (χ1v) is 12.2. The fraction of sp³-hybridized carbons (Fsp3) is 0.667. The number of hydrogen-bond acceptors (Lipinski definition) is 4. The van der Waals surface area contributed by atoms with Crippen LogP contribution in [0.1, 0.15) is 37.7 Å². The van der Waals surface area contributed by atoms with Crippen molar-refractivity contribution in [1.82, 2.24) is 9.21 Å². The number of piperidine rings is 2. The predicted octanol–water partition coefficient (Wildman–Crippen LogP) is 2.57. The number of aryl methyl sites for hydroxylation is 1. The van der Waals surface area contributed by atoms with Crippen LogP contribution in [0.5, 0.6) is 0 Å². The molecular weight excluding hydrogens is 374 g/mol. The van der Waals surface area contributed by atoms with Gasteiger partial charge in [0.1, 0.15) is 0 Å². The molecule has 1 N–H and O–H groups in total. The van der Waals surface area contributed by atoms with E-state index < -0.39 is 10.0 Å². The van der Waals surface area contributed by atoms with Crippen LogP contribution in [0.4, 0.5) is 5.69 Å². The minimum atomic E-state index is -3.16. The average Bonchev–Trinajstić information content (AvgIpc) is 2.68. The largest absolute Gasteiger partial charge is 0.326 e. The number of amides is 1. The maximum Gasteiger partial charge on any atom is 0.227 e. The average molecular weight is 408 g/mol. The molecule has 28 heavy (non-hydrogen) atoms. The van der Waals surface area contributed by atoms with Gasteiger partial charge in [0.05, 0.1) is 6.26 Å². The van der Waals surface area contributed by atoms with E-state index in [1.807, 2.05) is 12.1 Å². The molecule has 2 aliphatic heterocycles. The molecule has 0 saturated carbocycles. The summed E-state index contributed by atoms with van der Waals surface area (Å²) in [7, 11) is -0.963. The summed E-state index contributed by atoms with van der Waals surface area (Å²) in [5.41, 5.74) is 2.14. The molecule has 6 nitrogen and oxygen atoms in total. The van der Waals surface area contributed by atoms with Gasteiger partial charge in [0.25, 0.3) is 0 Å². The topological polar surface area (TPSA) is 69.7 Å². The van der Waals surface area contributed by atoms with Crippen molar-refractivity contribution in [1.29, 1.82) is 0 Å². The number of nitrogens with one attached hydrogen (secondary N) is 1. The third kappa shape index (κ3) is 6.03. The highest BCUT2D eigenvalue weighted by Gasteiger charge is 2.28. The number of nitrogens with zero attached hydrogens (tertiary/aromatic N) is 2. The van der Waals surface area contributed by atoms with E-state index >= 15 is 0 Å². The number of hydrogen-bond donors (Lipinski definition) is 1. The molecule has 2 fully saturated rings. The Bertz CT molecular complexity index is 748. The maximum atomic E-state index is 12.5. The molecule has 156 valence electrons. The Morgan fingerprint density at radius 1 is 1.04 bits per heavy atom. The Labute approximate surface area is 169 Å². The van der Waals surface area contributed by atoms with Crippen LogP contribution in [0.2, 0.25) is 0 Å². The molecule has 0 spiro atoms. The summed E-state index contributed by atoms with van der Waals surface area (Å²) in [5.74, 6) is 0.697. The summed E-state index contributed by atoms with van der Waals surface area (Å²) < 4.78 is 24.6. The highest BCUT2D eigenvalue weighted by atomic mass is 32.2. The van der Waals surface area contributed by atoms with Crippen molar-refractivity contribution in [2.75, 3.05) is 44.8 Å². The van der Waals surface area contributed by atoms with Crippen molar-refractivity contribution in [3.8, 4) is 0 Å². The molecule has 1 aromatic rings. The summed E-state index contributed by atoms with van der Waals surface area (Å²) in [6.07, 6.45) is 7.29. The van der Waals surface area contributed by atoms with Crippen LogP contribution >= 0.6 is 0 Å². The Balaban J connectivity index is 1.43. The number of sulfonamides is 1. The molecule has 2 saturated heterocycles. The van der Waals surface area contributed by atoms with Crippen LogP contribution in [0.25, 0.3) is 0 Å². The van der Waals surface area contributed by atoms with Crippen molar-refractivity contribution >= 4 is 21.6 Å². The predicted molar refractivity (Wildman–Crippen MR) is 113 cm³/mol. The Morgan fingerprint density at radius 3 is 2.21 bits per heavy atom. The van der Waals surface area contributed by atoms with Crippen LogP contribution in [0.3, 0.4) is 0 Å². The first-order valence-electron chi connectivity index (χ1n) is 10.3. The number of benzene rings is 1. The second-order valence-corrected chi connectivity index (χ2v) is 10.4. The van der Waals surface area contributed by atoms with Gasteiger partial charge in [0, 0.05) is 24.7 Å². The summed E-state index contributed by atoms with van der Waals surface area (Å²) in [6.45, 7) is 3.26. The molecule has 1 amide bonds. The minimum absolute atomic E-state index is 0.00720. The highest BCUT2D eigenvalue weighted by molar-refractivity contribution is 7.88. The molecule has 0 aliphatic carbocycles.